The number of hydrogen-bond donors (Lipinski definition) is 0. The highest BCUT2D eigenvalue weighted by Crippen LogP contribution is 2.31. The maximum atomic E-state index is 5.94. The molecule has 1 aromatic rings. The van der Waals surface area contributed by atoms with Crippen LogP contribution in [-0.2, 0) is 6.42 Å². The second kappa shape index (κ2) is 5.22. The molecule has 0 aliphatic carbocycles. The molecule has 1 aromatic carbocycles. The van der Waals surface area contributed by atoms with E-state index in [-0.39, 0.29) is 0 Å². The van der Waals surface area contributed by atoms with Crippen molar-refractivity contribution in [1.29, 1.82) is 0 Å². The Bertz CT molecular complexity index is 362. The fraction of sp³-hybridized carbons (Fsp3) is 0.571. The van der Waals surface area contributed by atoms with Gasteiger partial charge in [0.1, 0.15) is 11.9 Å². The molecule has 2 rings (SSSR count). The third-order valence-corrected chi connectivity index (χ3v) is 4.31. The molecule has 2 atom stereocenters. The van der Waals surface area contributed by atoms with Crippen LogP contribution in [0.1, 0.15) is 37.3 Å². The molecular weight excluding hydrogens is 264 g/mol. The maximum absolute atomic E-state index is 5.94. The predicted octanol–water partition coefficient (Wildman–Crippen LogP) is 4.25. The van der Waals surface area contributed by atoms with E-state index in [0.29, 0.717) is 10.9 Å². The summed E-state index contributed by atoms with van der Waals surface area (Å²) in [5.74, 6) is 1.10. The lowest BCUT2D eigenvalue weighted by Crippen LogP contribution is -2.14. The molecule has 0 fully saturated rings. The molecule has 0 saturated carbocycles. The first kappa shape index (κ1) is 12.0. The van der Waals surface area contributed by atoms with Crippen molar-refractivity contribution in [3.05, 3.63) is 29.3 Å². The number of rotatable bonds is 4. The van der Waals surface area contributed by atoms with Crippen molar-refractivity contribution in [2.75, 3.05) is 0 Å². The van der Waals surface area contributed by atoms with Crippen LogP contribution in [-0.4, -0.2) is 10.9 Å². The molecule has 0 spiro atoms. The van der Waals surface area contributed by atoms with Gasteiger partial charge >= 0.3 is 0 Å². The van der Waals surface area contributed by atoms with E-state index in [1.807, 2.05) is 0 Å². The Morgan fingerprint density at radius 2 is 2.31 bits per heavy atom. The minimum absolute atomic E-state index is 0.392. The van der Waals surface area contributed by atoms with Gasteiger partial charge < -0.3 is 4.74 Å². The Balaban J connectivity index is 1.90. The van der Waals surface area contributed by atoms with Crippen molar-refractivity contribution < 1.29 is 4.74 Å². The standard InChI is InChI=1S/C14H19BrO/c1-3-12(15)5-6-13-9-11-8-10(2)4-7-14(11)16-13/h4,7-8,12-13H,3,5-6,9H2,1-2H3. The Kier molecular flexibility index (Phi) is 3.91. The minimum Gasteiger partial charge on any atom is -0.490 e. The maximum Gasteiger partial charge on any atom is 0.123 e. The molecule has 1 aliphatic heterocycles. The van der Waals surface area contributed by atoms with Gasteiger partial charge in [-0.1, -0.05) is 40.5 Å². The van der Waals surface area contributed by atoms with Crippen LogP contribution >= 0.6 is 15.9 Å². The second-order valence-electron chi connectivity index (χ2n) is 4.64. The molecule has 1 nitrogen and oxygen atoms in total. The number of benzene rings is 1. The summed E-state index contributed by atoms with van der Waals surface area (Å²) < 4.78 is 5.94. The summed E-state index contributed by atoms with van der Waals surface area (Å²) in [6.45, 7) is 4.35. The van der Waals surface area contributed by atoms with Crippen LogP contribution in [0, 0.1) is 6.92 Å². The second-order valence-corrected chi connectivity index (χ2v) is 5.93. The summed E-state index contributed by atoms with van der Waals surface area (Å²) in [6, 6.07) is 6.48. The lowest BCUT2D eigenvalue weighted by atomic mass is 10.0. The predicted molar refractivity (Wildman–Crippen MR) is 71.5 cm³/mol. The van der Waals surface area contributed by atoms with Crippen molar-refractivity contribution in [2.45, 2.75) is 50.5 Å². The van der Waals surface area contributed by atoms with Gasteiger partial charge in [-0.15, -0.1) is 0 Å². The van der Waals surface area contributed by atoms with E-state index in [0.717, 1.165) is 18.6 Å². The molecule has 2 heteroatoms. The van der Waals surface area contributed by atoms with Gasteiger partial charge in [-0.2, -0.15) is 0 Å². The van der Waals surface area contributed by atoms with Crippen molar-refractivity contribution >= 4 is 15.9 Å². The van der Waals surface area contributed by atoms with Crippen LogP contribution in [0.5, 0.6) is 5.75 Å². The van der Waals surface area contributed by atoms with Crippen molar-refractivity contribution in [1.82, 2.24) is 0 Å². The zero-order chi connectivity index (χ0) is 11.5. The van der Waals surface area contributed by atoms with Gasteiger partial charge in [-0.05, 0) is 37.8 Å². The van der Waals surface area contributed by atoms with Crippen LogP contribution in [0.4, 0.5) is 0 Å². The molecule has 16 heavy (non-hydrogen) atoms. The van der Waals surface area contributed by atoms with Gasteiger partial charge in [0, 0.05) is 11.2 Å². The Hall–Kier alpha value is -0.500. The van der Waals surface area contributed by atoms with Crippen LogP contribution in [0.15, 0.2) is 18.2 Å². The Labute approximate surface area is 106 Å². The number of alkyl halides is 1. The molecule has 0 N–H and O–H groups in total. The highest BCUT2D eigenvalue weighted by Gasteiger charge is 2.22. The van der Waals surface area contributed by atoms with Crippen LogP contribution in [0.3, 0.4) is 0 Å². The summed E-state index contributed by atoms with van der Waals surface area (Å²) in [7, 11) is 0. The zero-order valence-electron chi connectivity index (χ0n) is 10.0. The molecule has 0 bridgehead atoms. The van der Waals surface area contributed by atoms with Gasteiger partial charge in [0.05, 0.1) is 0 Å². The fourth-order valence-electron chi connectivity index (χ4n) is 2.18. The average Bonchev–Trinajstić information content (AvgIpc) is 2.67. The highest BCUT2D eigenvalue weighted by atomic mass is 79.9. The molecule has 88 valence electrons. The first-order chi connectivity index (χ1) is 7.69. The van der Waals surface area contributed by atoms with E-state index in [1.54, 1.807) is 0 Å². The van der Waals surface area contributed by atoms with Gasteiger partial charge in [0.25, 0.3) is 0 Å². The van der Waals surface area contributed by atoms with Gasteiger partial charge in [-0.25, -0.2) is 0 Å². The van der Waals surface area contributed by atoms with Crippen molar-refractivity contribution in [3.8, 4) is 5.75 Å². The first-order valence-electron chi connectivity index (χ1n) is 6.09. The molecule has 0 amide bonds. The molecule has 1 aliphatic rings. The summed E-state index contributed by atoms with van der Waals surface area (Å²) in [5, 5.41) is 0. The average molecular weight is 283 g/mol. The summed E-state index contributed by atoms with van der Waals surface area (Å²) in [4.78, 5) is 0.640. The minimum atomic E-state index is 0.392. The molecule has 0 radical (unpaired) electrons. The topological polar surface area (TPSA) is 9.23 Å². The monoisotopic (exact) mass is 282 g/mol. The molecule has 0 saturated heterocycles. The van der Waals surface area contributed by atoms with E-state index in [1.165, 1.54) is 24.0 Å². The van der Waals surface area contributed by atoms with Crippen LogP contribution < -0.4 is 4.74 Å². The number of ether oxygens (including phenoxy) is 1. The van der Waals surface area contributed by atoms with Gasteiger partial charge in [-0.3, -0.25) is 0 Å². The normalized spacial score (nSPS) is 20.3. The summed E-state index contributed by atoms with van der Waals surface area (Å²) in [6.07, 6.45) is 5.02. The lowest BCUT2D eigenvalue weighted by molar-refractivity contribution is 0.217. The van der Waals surface area contributed by atoms with Crippen molar-refractivity contribution in [3.63, 3.8) is 0 Å². The smallest absolute Gasteiger partial charge is 0.123 e. The van der Waals surface area contributed by atoms with Crippen molar-refractivity contribution in [2.24, 2.45) is 0 Å². The summed E-state index contributed by atoms with van der Waals surface area (Å²) >= 11 is 3.68. The number of fused-ring (bicyclic) bond motifs is 1. The molecule has 2 unspecified atom stereocenters. The third kappa shape index (κ3) is 2.79. The first-order valence-corrected chi connectivity index (χ1v) is 7.01. The molecule has 1 heterocycles. The van der Waals surface area contributed by atoms with Gasteiger partial charge in [0.2, 0.25) is 0 Å². The quantitative estimate of drug-likeness (QED) is 0.750. The van der Waals surface area contributed by atoms with E-state index in [9.17, 15) is 0 Å². The van der Waals surface area contributed by atoms with Crippen LogP contribution in [0.25, 0.3) is 0 Å². The lowest BCUT2D eigenvalue weighted by Gasteiger charge is -2.12. The Morgan fingerprint density at radius 1 is 1.50 bits per heavy atom. The Morgan fingerprint density at radius 3 is 3.06 bits per heavy atom. The van der Waals surface area contributed by atoms with E-state index < -0.39 is 0 Å². The number of hydrogen-bond acceptors (Lipinski definition) is 1. The zero-order valence-corrected chi connectivity index (χ0v) is 11.6. The SMILES string of the molecule is CCC(Br)CCC1Cc2cc(C)ccc2O1. The third-order valence-electron chi connectivity index (χ3n) is 3.20. The summed E-state index contributed by atoms with van der Waals surface area (Å²) in [5.41, 5.74) is 2.71. The van der Waals surface area contributed by atoms with Gasteiger partial charge in [0.15, 0.2) is 0 Å². The molecular formula is C14H19BrO. The van der Waals surface area contributed by atoms with E-state index >= 15 is 0 Å². The van der Waals surface area contributed by atoms with E-state index in [2.05, 4.69) is 48.0 Å². The largest absolute Gasteiger partial charge is 0.490 e. The van der Waals surface area contributed by atoms with E-state index in [4.69, 9.17) is 4.74 Å². The number of aryl methyl sites for hydroxylation is 1. The fourth-order valence-corrected chi connectivity index (χ4v) is 2.45. The highest BCUT2D eigenvalue weighted by molar-refractivity contribution is 9.09. The molecule has 0 aromatic heterocycles. The van der Waals surface area contributed by atoms with Crippen LogP contribution in [0.2, 0.25) is 0 Å². The number of halogens is 1.